The van der Waals surface area contributed by atoms with E-state index in [0.29, 0.717) is 0 Å². The molecule has 0 bridgehead atoms. The average Bonchev–Trinajstić information content (AvgIpc) is 2.14. The molecule has 1 aromatic carbocycles. The van der Waals surface area contributed by atoms with E-state index in [0.717, 1.165) is 12.1 Å². The average molecular weight is 234 g/mol. The van der Waals surface area contributed by atoms with Gasteiger partial charge in [0.05, 0.1) is 5.56 Å². The van der Waals surface area contributed by atoms with Crippen molar-refractivity contribution < 1.29 is 13.2 Å². The van der Waals surface area contributed by atoms with Gasteiger partial charge in [-0.1, -0.05) is 11.6 Å². The minimum absolute atomic E-state index is 0.00433. The summed E-state index contributed by atoms with van der Waals surface area (Å²) in [6.07, 6.45) is -4.43. The maximum atomic E-state index is 12.4. The molecule has 0 radical (unpaired) electrons. The van der Waals surface area contributed by atoms with Crippen molar-refractivity contribution >= 4 is 11.6 Å². The van der Waals surface area contributed by atoms with Crippen LogP contribution < -0.4 is 0 Å². The molecule has 0 fully saturated rings. The second-order valence-electron chi connectivity index (χ2n) is 3.08. The second kappa shape index (κ2) is 4.11. The molecule has 1 atom stereocenters. The Morgan fingerprint density at radius 2 is 1.93 bits per heavy atom. The molecule has 0 spiro atoms. The quantitative estimate of drug-likeness (QED) is 0.636. The number of hydrogen-bond acceptors (Lipinski definition) is 0. The lowest BCUT2D eigenvalue weighted by Gasteiger charge is -2.09. The molecule has 0 N–H and O–H groups in total. The van der Waals surface area contributed by atoms with E-state index in [4.69, 9.17) is 18.2 Å². The lowest BCUT2D eigenvalue weighted by atomic mass is 10.1. The number of nitrogens with zero attached hydrogens (tertiary/aromatic N) is 1. The van der Waals surface area contributed by atoms with Crippen molar-refractivity contribution in [1.29, 1.82) is 0 Å². The van der Waals surface area contributed by atoms with Crippen molar-refractivity contribution in [3.63, 3.8) is 0 Å². The van der Waals surface area contributed by atoms with Crippen LogP contribution in [-0.2, 0) is 6.18 Å². The van der Waals surface area contributed by atoms with Gasteiger partial charge in [-0.25, -0.2) is 6.57 Å². The summed E-state index contributed by atoms with van der Waals surface area (Å²) in [6, 6.07) is 2.56. The van der Waals surface area contributed by atoms with Crippen molar-refractivity contribution in [3.05, 3.63) is 45.8 Å². The molecule has 80 valence electrons. The summed E-state index contributed by atoms with van der Waals surface area (Å²) in [5.41, 5.74) is -0.537. The predicted molar refractivity (Wildman–Crippen MR) is 51.5 cm³/mol. The van der Waals surface area contributed by atoms with Crippen LogP contribution >= 0.6 is 11.6 Å². The Morgan fingerprint density at radius 1 is 1.33 bits per heavy atom. The summed E-state index contributed by atoms with van der Waals surface area (Å²) in [4.78, 5) is 3.15. The van der Waals surface area contributed by atoms with Crippen LogP contribution in [-0.4, -0.2) is 0 Å². The Hall–Kier alpha value is -1.21. The summed E-state index contributed by atoms with van der Waals surface area (Å²) in [7, 11) is 0. The zero-order valence-electron chi connectivity index (χ0n) is 7.77. The van der Waals surface area contributed by atoms with Crippen LogP contribution in [0.5, 0.6) is 0 Å². The van der Waals surface area contributed by atoms with Gasteiger partial charge in [0.25, 0.3) is 0 Å². The highest BCUT2D eigenvalue weighted by Gasteiger charge is 2.31. The Kier molecular flexibility index (Phi) is 3.25. The molecule has 0 aliphatic rings. The van der Waals surface area contributed by atoms with Crippen molar-refractivity contribution in [2.75, 3.05) is 0 Å². The number of benzene rings is 1. The van der Waals surface area contributed by atoms with E-state index in [2.05, 4.69) is 4.85 Å². The lowest BCUT2D eigenvalue weighted by molar-refractivity contribution is -0.137. The van der Waals surface area contributed by atoms with E-state index in [1.54, 1.807) is 0 Å². The van der Waals surface area contributed by atoms with E-state index in [1.165, 1.54) is 13.0 Å². The largest absolute Gasteiger partial charge is 0.416 e. The molecular formula is C10H7ClF3N. The van der Waals surface area contributed by atoms with Crippen molar-refractivity contribution in [2.45, 2.75) is 19.1 Å². The standard InChI is InChI=1S/C10H7ClF3N/c1-6(15-2)7-3-8(10(12,13)14)5-9(11)4-7/h3-6H,1H3. The third-order valence-corrected chi connectivity index (χ3v) is 2.14. The van der Waals surface area contributed by atoms with E-state index < -0.39 is 17.8 Å². The highest BCUT2D eigenvalue weighted by Crippen LogP contribution is 2.33. The van der Waals surface area contributed by atoms with Gasteiger partial charge >= 0.3 is 6.18 Å². The smallest absolute Gasteiger partial charge is 0.309 e. The zero-order valence-corrected chi connectivity index (χ0v) is 8.52. The molecule has 0 aliphatic heterocycles. The second-order valence-corrected chi connectivity index (χ2v) is 3.51. The normalized spacial score (nSPS) is 13.3. The SMILES string of the molecule is [C-]#[N+]C(C)c1cc(Cl)cc(C(F)(F)F)c1. The molecule has 1 rings (SSSR count). The van der Waals surface area contributed by atoms with E-state index in [1.807, 2.05) is 0 Å². The minimum Gasteiger partial charge on any atom is -0.309 e. The van der Waals surface area contributed by atoms with Crippen molar-refractivity contribution in [3.8, 4) is 0 Å². The van der Waals surface area contributed by atoms with Crippen LogP contribution in [0.3, 0.4) is 0 Å². The molecule has 0 amide bonds. The van der Waals surface area contributed by atoms with Gasteiger partial charge in [0.15, 0.2) is 0 Å². The van der Waals surface area contributed by atoms with Gasteiger partial charge in [-0.15, -0.1) is 0 Å². The number of hydrogen-bond donors (Lipinski definition) is 0. The Labute approximate surface area is 90.3 Å². The predicted octanol–water partition coefficient (Wildman–Crippen LogP) is 4.34. The summed E-state index contributed by atoms with van der Waals surface area (Å²) < 4.78 is 37.1. The minimum atomic E-state index is -4.43. The third kappa shape index (κ3) is 2.87. The fourth-order valence-electron chi connectivity index (χ4n) is 1.09. The molecule has 0 saturated carbocycles. The maximum Gasteiger partial charge on any atom is 0.416 e. The molecule has 0 heterocycles. The molecule has 5 heteroatoms. The molecule has 0 saturated heterocycles. The molecule has 1 nitrogen and oxygen atoms in total. The first kappa shape index (κ1) is 11.9. The lowest BCUT2D eigenvalue weighted by Crippen LogP contribution is -2.06. The molecule has 0 aromatic heterocycles. The van der Waals surface area contributed by atoms with Gasteiger partial charge in [-0.3, -0.25) is 0 Å². The molecule has 1 aromatic rings. The fourth-order valence-corrected chi connectivity index (χ4v) is 1.34. The van der Waals surface area contributed by atoms with Crippen molar-refractivity contribution in [2.24, 2.45) is 0 Å². The van der Waals surface area contributed by atoms with E-state index in [-0.39, 0.29) is 10.6 Å². The highest BCUT2D eigenvalue weighted by molar-refractivity contribution is 6.30. The first-order valence-corrected chi connectivity index (χ1v) is 4.46. The fraction of sp³-hybridized carbons (Fsp3) is 0.300. The molecule has 15 heavy (non-hydrogen) atoms. The number of halogens is 4. The van der Waals surface area contributed by atoms with E-state index >= 15 is 0 Å². The van der Waals surface area contributed by atoms with Gasteiger partial charge in [-0.2, -0.15) is 13.2 Å². The van der Waals surface area contributed by atoms with Gasteiger partial charge in [-0.05, 0) is 18.2 Å². The Bertz CT molecular complexity index is 406. The van der Waals surface area contributed by atoms with Crippen LogP contribution in [0.2, 0.25) is 5.02 Å². The van der Waals surface area contributed by atoms with Crippen LogP contribution in [0, 0.1) is 6.57 Å². The van der Waals surface area contributed by atoms with Crippen molar-refractivity contribution in [1.82, 2.24) is 0 Å². The monoisotopic (exact) mass is 233 g/mol. The first-order chi connectivity index (χ1) is 6.84. The molecular weight excluding hydrogens is 227 g/mol. The van der Waals surface area contributed by atoms with Gasteiger partial charge in [0, 0.05) is 17.5 Å². The summed E-state index contributed by atoms with van der Waals surface area (Å²) >= 11 is 5.55. The van der Waals surface area contributed by atoms with Gasteiger partial charge < -0.3 is 4.85 Å². The third-order valence-electron chi connectivity index (χ3n) is 1.92. The molecule has 1 unspecified atom stereocenters. The highest BCUT2D eigenvalue weighted by atomic mass is 35.5. The zero-order chi connectivity index (χ0) is 11.6. The van der Waals surface area contributed by atoms with Gasteiger partial charge in [0.2, 0.25) is 6.04 Å². The first-order valence-electron chi connectivity index (χ1n) is 4.09. The van der Waals surface area contributed by atoms with Crippen LogP contribution in [0.4, 0.5) is 13.2 Å². The van der Waals surface area contributed by atoms with Crippen LogP contribution in [0.1, 0.15) is 24.1 Å². The van der Waals surface area contributed by atoms with E-state index in [9.17, 15) is 13.2 Å². The number of alkyl halides is 3. The Morgan fingerprint density at radius 3 is 2.40 bits per heavy atom. The number of rotatable bonds is 1. The van der Waals surface area contributed by atoms with Gasteiger partial charge in [0.1, 0.15) is 0 Å². The summed E-state index contributed by atoms with van der Waals surface area (Å²) in [5, 5.41) is -0.00433. The summed E-state index contributed by atoms with van der Waals surface area (Å²) in [6.45, 7) is 8.27. The van der Waals surface area contributed by atoms with Crippen LogP contribution in [0.25, 0.3) is 4.85 Å². The van der Waals surface area contributed by atoms with Crippen LogP contribution in [0.15, 0.2) is 18.2 Å². The maximum absolute atomic E-state index is 12.4. The Balaban J connectivity index is 3.24. The molecule has 0 aliphatic carbocycles. The summed E-state index contributed by atoms with van der Waals surface area (Å²) in [5.74, 6) is 0. The topological polar surface area (TPSA) is 4.36 Å².